The Morgan fingerprint density at radius 2 is 2.14 bits per heavy atom. The summed E-state index contributed by atoms with van der Waals surface area (Å²) >= 11 is 8.10. The first-order valence-corrected chi connectivity index (χ1v) is 6.47. The summed E-state index contributed by atoms with van der Waals surface area (Å²) in [5, 5.41) is 0.964. The Morgan fingerprint density at radius 3 is 2.64 bits per heavy atom. The normalized spacial score (nSPS) is 24.7. The molecule has 0 spiro atoms. The number of hydrogen-bond acceptors (Lipinski definition) is 2. The maximum absolute atomic E-state index is 6.24. The van der Waals surface area contributed by atoms with Gasteiger partial charge in [-0.1, -0.05) is 18.0 Å². The molecule has 3 rings (SSSR count). The van der Waals surface area contributed by atoms with Gasteiger partial charge in [0.2, 0.25) is 0 Å². The van der Waals surface area contributed by atoms with E-state index in [-0.39, 0.29) is 5.54 Å². The Labute approximate surface area is 93.3 Å². The molecule has 2 aliphatic carbocycles. The fraction of sp³-hybridized carbons (Fsp3) is 0.636. The van der Waals surface area contributed by atoms with Crippen LogP contribution in [0.1, 0.15) is 47.8 Å². The molecule has 0 aliphatic heterocycles. The zero-order chi connectivity index (χ0) is 9.76. The molecule has 14 heavy (non-hydrogen) atoms. The summed E-state index contributed by atoms with van der Waals surface area (Å²) in [6.45, 7) is 0. The van der Waals surface area contributed by atoms with E-state index < -0.39 is 0 Å². The molecule has 2 fully saturated rings. The van der Waals surface area contributed by atoms with Gasteiger partial charge in [-0.3, -0.25) is 0 Å². The maximum atomic E-state index is 6.24. The lowest BCUT2D eigenvalue weighted by Crippen LogP contribution is -2.16. The van der Waals surface area contributed by atoms with Gasteiger partial charge in [0, 0.05) is 9.75 Å². The van der Waals surface area contributed by atoms with E-state index >= 15 is 0 Å². The Kier molecular flexibility index (Phi) is 1.95. The predicted octanol–water partition coefficient (Wildman–Crippen LogP) is 3.62. The van der Waals surface area contributed by atoms with Gasteiger partial charge in [-0.15, -0.1) is 11.3 Å². The van der Waals surface area contributed by atoms with E-state index in [9.17, 15) is 0 Å². The Morgan fingerprint density at radius 1 is 1.43 bits per heavy atom. The molecule has 0 bridgehead atoms. The molecular weight excluding hydrogens is 214 g/mol. The molecule has 0 amide bonds. The first-order valence-electron chi connectivity index (χ1n) is 5.28. The second kappa shape index (κ2) is 2.97. The van der Waals surface area contributed by atoms with Gasteiger partial charge in [-0.25, -0.2) is 0 Å². The van der Waals surface area contributed by atoms with Crippen molar-refractivity contribution in [2.45, 2.75) is 43.6 Å². The molecule has 0 atom stereocenters. The summed E-state index contributed by atoms with van der Waals surface area (Å²) in [7, 11) is 0. The van der Waals surface area contributed by atoms with Crippen molar-refractivity contribution in [3.63, 3.8) is 0 Å². The molecule has 0 radical (unpaired) electrons. The van der Waals surface area contributed by atoms with Crippen LogP contribution in [0.15, 0.2) is 6.07 Å². The first-order chi connectivity index (χ1) is 6.69. The fourth-order valence-corrected chi connectivity index (χ4v) is 3.78. The summed E-state index contributed by atoms with van der Waals surface area (Å²) in [6.07, 6.45) is 6.26. The van der Waals surface area contributed by atoms with E-state index in [1.54, 1.807) is 0 Å². The number of rotatable bonds is 2. The summed E-state index contributed by atoms with van der Waals surface area (Å²) in [5.74, 6) is 0.739. The minimum atomic E-state index is -0.00367. The van der Waals surface area contributed by atoms with Gasteiger partial charge in [0.15, 0.2) is 0 Å². The van der Waals surface area contributed by atoms with Gasteiger partial charge in [0.25, 0.3) is 0 Å². The van der Waals surface area contributed by atoms with E-state index in [1.165, 1.54) is 29.0 Å². The number of hydrogen-bond donors (Lipinski definition) is 1. The Bertz CT molecular complexity index is 363. The third kappa shape index (κ3) is 1.32. The van der Waals surface area contributed by atoms with Crippen LogP contribution in [0.5, 0.6) is 0 Å². The van der Waals surface area contributed by atoms with Gasteiger partial charge in [-0.05, 0) is 37.7 Å². The summed E-state index contributed by atoms with van der Waals surface area (Å²) in [4.78, 5) is 2.70. The Balaban J connectivity index is 1.93. The van der Waals surface area contributed by atoms with E-state index in [0.717, 1.165) is 23.8 Å². The lowest BCUT2D eigenvalue weighted by atomic mass is 9.84. The molecule has 76 valence electrons. The van der Waals surface area contributed by atoms with Gasteiger partial charge >= 0.3 is 0 Å². The third-order valence-electron chi connectivity index (χ3n) is 3.47. The number of nitrogens with two attached hydrogens (primary N) is 1. The van der Waals surface area contributed by atoms with E-state index in [0.29, 0.717) is 0 Å². The average Bonchev–Trinajstić information content (AvgIpc) is 2.68. The van der Waals surface area contributed by atoms with Gasteiger partial charge in [-0.2, -0.15) is 0 Å². The molecule has 1 aromatic heterocycles. The van der Waals surface area contributed by atoms with Crippen molar-refractivity contribution < 1.29 is 0 Å². The fourth-order valence-electron chi connectivity index (χ4n) is 1.96. The zero-order valence-corrected chi connectivity index (χ0v) is 9.63. The molecule has 1 aromatic rings. The van der Waals surface area contributed by atoms with Crippen molar-refractivity contribution in [2.75, 3.05) is 0 Å². The third-order valence-corrected chi connectivity index (χ3v) is 5.41. The molecule has 2 N–H and O–H groups in total. The number of thiophene rings is 1. The van der Waals surface area contributed by atoms with Crippen molar-refractivity contribution in [1.82, 2.24) is 0 Å². The van der Waals surface area contributed by atoms with Crippen molar-refractivity contribution in [3.8, 4) is 0 Å². The monoisotopic (exact) mass is 227 g/mol. The van der Waals surface area contributed by atoms with Gasteiger partial charge in [0.05, 0.1) is 10.6 Å². The van der Waals surface area contributed by atoms with Crippen LogP contribution in [0.4, 0.5) is 0 Å². The van der Waals surface area contributed by atoms with Crippen LogP contribution < -0.4 is 5.73 Å². The van der Waals surface area contributed by atoms with Gasteiger partial charge in [0.1, 0.15) is 0 Å². The van der Waals surface area contributed by atoms with Crippen LogP contribution >= 0.6 is 22.9 Å². The summed E-state index contributed by atoms with van der Waals surface area (Å²) < 4.78 is 0. The highest BCUT2D eigenvalue weighted by atomic mass is 35.5. The summed E-state index contributed by atoms with van der Waals surface area (Å²) in [5.41, 5.74) is 6.16. The topological polar surface area (TPSA) is 26.0 Å². The van der Waals surface area contributed by atoms with E-state index in [1.807, 2.05) is 11.3 Å². The highest BCUT2D eigenvalue weighted by Gasteiger charge is 2.42. The highest BCUT2D eigenvalue weighted by Crippen LogP contribution is 2.51. The molecule has 1 nitrogen and oxygen atoms in total. The van der Waals surface area contributed by atoms with E-state index in [4.69, 9.17) is 17.3 Å². The minimum Gasteiger partial charge on any atom is -0.321 e. The molecule has 0 saturated heterocycles. The van der Waals surface area contributed by atoms with Crippen LogP contribution in [0.2, 0.25) is 5.02 Å². The average molecular weight is 228 g/mol. The van der Waals surface area contributed by atoms with Crippen molar-refractivity contribution in [1.29, 1.82) is 0 Å². The molecule has 3 heteroatoms. The van der Waals surface area contributed by atoms with Gasteiger partial charge < -0.3 is 5.73 Å². The van der Waals surface area contributed by atoms with E-state index in [2.05, 4.69) is 6.07 Å². The van der Waals surface area contributed by atoms with Crippen molar-refractivity contribution in [2.24, 2.45) is 5.73 Å². The molecule has 1 heterocycles. The van der Waals surface area contributed by atoms with Crippen LogP contribution in [0.3, 0.4) is 0 Å². The molecular formula is C11H14ClNS. The lowest BCUT2D eigenvalue weighted by Gasteiger charge is -2.24. The Hall–Kier alpha value is -0.0500. The lowest BCUT2D eigenvalue weighted by molar-refractivity contribution is 0.426. The summed E-state index contributed by atoms with van der Waals surface area (Å²) in [6, 6.07) is 2.10. The van der Waals surface area contributed by atoms with Crippen molar-refractivity contribution in [3.05, 3.63) is 20.8 Å². The minimum absolute atomic E-state index is 0.00367. The first kappa shape index (κ1) is 9.20. The smallest absolute Gasteiger partial charge is 0.0551 e. The van der Waals surface area contributed by atoms with Crippen molar-refractivity contribution >= 4 is 22.9 Å². The number of halogens is 1. The highest BCUT2D eigenvalue weighted by molar-refractivity contribution is 7.13. The second-order valence-electron chi connectivity index (χ2n) is 4.61. The molecule has 2 aliphatic rings. The van der Waals surface area contributed by atoms with Crippen LogP contribution in [-0.4, -0.2) is 0 Å². The quantitative estimate of drug-likeness (QED) is 0.821. The largest absolute Gasteiger partial charge is 0.321 e. The zero-order valence-electron chi connectivity index (χ0n) is 8.05. The predicted molar refractivity (Wildman–Crippen MR) is 61.0 cm³/mol. The maximum Gasteiger partial charge on any atom is 0.0551 e. The standard InChI is InChI=1S/C11H14ClNS/c12-8-6-9(11(13)4-5-11)14-10(8)7-2-1-3-7/h6-7H,1-5,13H2. The molecule has 2 saturated carbocycles. The van der Waals surface area contributed by atoms with Crippen LogP contribution in [0, 0.1) is 0 Å². The molecule has 0 unspecified atom stereocenters. The second-order valence-corrected chi connectivity index (χ2v) is 6.10. The van der Waals surface area contributed by atoms with Crippen LogP contribution in [0.25, 0.3) is 0 Å². The molecule has 0 aromatic carbocycles. The van der Waals surface area contributed by atoms with Crippen LogP contribution in [-0.2, 0) is 5.54 Å². The SMILES string of the molecule is NC1(c2cc(Cl)c(C3CCC3)s2)CC1.